The van der Waals surface area contributed by atoms with Gasteiger partial charge in [0.05, 0.1) is 0 Å². The van der Waals surface area contributed by atoms with Gasteiger partial charge in [-0.2, -0.15) is 0 Å². The van der Waals surface area contributed by atoms with Crippen molar-refractivity contribution in [1.29, 1.82) is 0 Å². The van der Waals surface area contributed by atoms with Gasteiger partial charge in [0.15, 0.2) is 22.9 Å². The van der Waals surface area contributed by atoms with Gasteiger partial charge < -0.3 is 8.83 Å². The maximum absolute atomic E-state index is 5.68. The Bertz CT molecular complexity index is 1020. The van der Waals surface area contributed by atoms with Crippen molar-refractivity contribution in [1.82, 2.24) is 9.97 Å². The topological polar surface area (TPSA) is 52.1 Å². The molecular weight excluding hydrogens is 324 g/mol. The monoisotopic (exact) mass is 346 g/mol. The summed E-state index contributed by atoms with van der Waals surface area (Å²) in [5.41, 5.74) is 6.29. The Hall–Kier alpha value is -2.62. The summed E-state index contributed by atoms with van der Waals surface area (Å²) < 4.78 is 11.4. The van der Waals surface area contributed by atoms with Crippen molar-refractivity contribution >= 4 is 22.2 Å². The van der Waals surface area contributed by atoms with Gasteiger partial charge in [0.2, 0.25) is 0 Å². The molecule has 0 unspecified atom stereocenters. The minimum Gasteiger partial charge on any atom is -0.441 e. The van der Waals surface area contributed by atoms with E-state index in [2.05, 4.69) is 46.4 Å². The molecule has 0 spiro atoms. The Morgan fingerprint density at radius 3 is 1.73 bits per heavy atom. The van der Waals surface area contributed by atoms with Crippen LogP contribution in [0.5, 0.6) is 0 Å². The molecule has 0 amide bonds. The second-order valence-corrected chi connectivity index (χ2v) is 7.47. The van der Waals surface area contributed by atoms with Gasteiger partial charge in [0.1, 0.15) is 11.0 Å². The molecule has 2 aromatic carbocycles. The molecule has 4 aromatic rings. The summed E-state index contributed by atoms with van der Waals surface area (Å²) in [6, 6.07) is 13.0. The van der Waals surface area contributed by atoms with Crippen molar-refractivity contribution in [3.8, 4) is 0 Å². The molecule has 0 saturated heterocycles. The van der Waals surface area contributed by atoms with Crippen LogP contribution in [0.25, 0.3) is 22.2 Å². The first kappa shape index (κ1) is 15.6. The number of hydrogen-bond acceptors (Lipinski definition) is 4. The van der Waals surface area contributed by atoms with Gasteiger partial charge in [-0.15, -0.1) is 0 Å². The molecule has 1 fully saturated rings. The first-order chi connectivity index (χ1) is 12.6. The molecule has 1 aliphatic carbocycles. The number of fused-ring (bicyclic) bond motifs is 2. The van der Waals surface area contributed by atoms with E-state index in [0.29, 0.717) is 11.8 Å². The summed E-state index contributed by atoms with van der Waals surface area (Å²) in [4.78, 5) is 9.11. The fourth-order valence-corrected chi connectivity index (χ4v) is 4.58. The molecule has 0 aliphatic heterocycles. The zero-order chi connectivity index (χ0) is 17.7. The highest BCUT2D eigenvalue weighted by molar-refractivity contribution is 5.76. The predicted octanol–water partition coefficient (Wildman–Crippen LogP) is 5.84. The van der Waals surface area contributed by atoms with Crippen LogP contribution in [0.3, 0.4) is 0 Å². The van der Waals surface area contributed by atoms with Crippen LogP contribution in [0.1, 0.15) is 55.0 Å². The summed E-state index contributed by atoms with van der Waals surface area (Å²) >= 11 is 0. The van der Waals surface area contributed by atoms with E-state index in [1.54, 1.807) is 0 Å². The molecule has 0 radical (unpaired) electrons. The second-order valence-electron chi connectivity index (χ2n) is 7.47. The summed E-state index contributed by atoms with van der Waals surface area (Å²) in [5.74, 6) is 1.43. The van der Waals surface area contributed by atoms with E-state index in [0.717, 1.165) is 35.0 Å². The third-order valence-corrected chi connectivity index (χ3v) is 5.80. The van der Waals surface area contributed by atoms with Crippen molar-refractivity contribution in [2.24, 2.45) is 0 Å². The Balaban J connectivity index is 1.70. The van der Waals surface area contributed by atoms with Crippen LogP contribution in [0.2, 0.25) is 0 Å². The average Bonchev–Trinajstić information content (AvgIpc) is 3.21. The van der Waals surface area contributed by atoms with E-state index < -0.39 is 0 Å². The molecule has 4 heteroatoms. The fourth-order valence-electron chi connectivity index (χ4n) is 4.58. The minimum absolute atomic E-state index is 0.0142. The second kappa shape index (κ2) is 5.70. The molecule has 5 rings (SSSR count). The molecule has 0 N–H and O–H groups in total. The standard InChI is InChI=1S/C22H22N2O2/c1-14-23-18-12-16(6-8-20(18)25-14)22(10-4-3-5-11-22)17-7-9-21-19(13-17)24-15(2)26-21/h6-9,12-13H,3-5,10-11H2,1-2H3. The van der Waals surface area contributed by atoms with Crippen LogP contribution < -0.4 is 0 Å². The number of nitrogens with zero attached hydrogens (tertiary/aromatic N) is 2. The lowest BCUT2D eigenvalue weighted by molar-refractivity contribution is 0.346. The Morgan fingerprint density at radius 2 is 1.23 bits per heavy atom. The van der Waals surface area contributed by atoms with Gasteiger partial charge in [0.25, 0.3) is 0 Å². The minimum atomic E-state index is 0.0142. The third-order valence-electron chi connectivity index (χ3n) is 5.80. The molecule has 26 heavy (non-hydrogen) atoms. The maximum atomic E-state index is 5.68. The Morgan fingerprint density at radius 1 is 0.731 bits per heavy atom. The molecule has 2 heterocycles. The first-order valence-electron chi connectivity index (χ1n) is 9.39. The van der Waals surface area contributed by atoms with E-state index in [1.165, 1.54) is 30.4 Å². The third kappa shape index (κ3) is 2.36. The van der Waals surface area contributed by atoms with Crippen molar-refractivity contribution in [3.05, 3.63) is 59.3 Å². The van der Waals surface area contributed by atoms with Gasteiger partial charge in [-0.3, -0.25) is 0 Å². The predicted molar refractivity (Wildman–Crippen MR) is 101 cm³/mol. The molecule has 132 valence electrons. The van der Waals surface area contributed by atoms with Crippen LogP contribution in [-0.4, -0.2) is 9.97 Å². The van der Waals surface area contributed by atoms with Crippen molar-refractivity contribution < 1.29 is 8.83 Å². The highest BCUT2D eigenvalue weighted by Gasteiger charge is 2.36. The smallest absolute Gasteiger partial charge is 0.192 e. The van der Waals surface area contributed by atoms with Gasteiger partial charge in [-0.1, -0.05) is 31.4 Å². The lowest BCUT2D eigenvalue weighted by Crippen LogP contribution is -2.30. The van der Waals surface area contributed by atoms with Crippen LogP contribution in [0, 0.1) is 13.8 Å². The number of aromatic nitrogens is 2. The molecular formula is C22H22N2O2. The van der Waals surface area contributed by atoms with Gasteiger partial charge >= 0.3 is 0 Å². The van der Waals surface area contributed by atoms with E-state index >= 15 is 0 Å². The molecule has 2 aromatic heterocycles. The first-order valence-corrected chi connectivity index (χ1v) is 9.39. The van der Waals surface area contributed by atoms with Crippen LogP contribution in [0.4, 0.5) is 0 Å². The zero-order valence-electron chi connectivity index (χ0n) is 15.2. The van der Waals surface area contributed by atoms with Crippen molar-refractivity contribution in [2.75, 3.05) is 0 Å². The summed E-state index contributed by atoms with van der Waals surface area (Å²) in [6.07, 6.45) is 6.09. The lowest BCUT2D eigenvalue weighted by atomic mass is 9.65. The van der Waals surface area contributed by atoms with Gasteiger partial charge in [-0.05, 0) is 48.2 Å². The molecule has 1 aliphatic rings. The number of benzene rings is 2. The number of hydrogen-bond donors (Lipinski definition) is 0. The number of rotatable bonds is 2. The SMILES string of the molecule is Cc1nc2cc(C3(c4ccc5oc(C)nc5c4)CCCCC3)ccc2o1. The highest BCUT2D eigenvalue weighted by Crippen LogP contribution is 2.46. The molecule has 0 bridgehead atoms. The van der Waals surface area contributed by atoms with Crippen LogP contribution in [0.15, 0.2) is 45.2 Å². The van der Waals surface area contributed by atoms with E-state index in [-0.39, 0.29) is 5.41 Å². The molecule has 0 atom stereocenters. The Kier molecular flexibility index (Phi) is 3.42. The Labute approximate surface area is 152 Å². The normalized spacial score (nSPS) is 17.2. The van der Waals surface area contributed by atoms with Crippen molar-refractivity contribution in [2.45, 2.75) is 51.4 Å². The highest BCUT2D eigenvalue weighted by atomic mass is 16.3. The van der Waals surface area contributed by atoms with Gasteiger partial charge in [-0.25, -0.2) is 9.97 Å². The summed E-state index contributed by atoms with van der Waals surface area (Å²) in [5, 5.41) is 0. The molecule has 4 nitrogen and oxygen atoms in total. The van der Waals surface area contributed by atoms with Crippen LogP contribution in [-0.2, 0) is 5.41 Å². The zero-order valence-corrected chi connectivity index (χ0v) is 15.2. The fraction of sp³-hybridized carbons (Fsp3) is 0.364. The largest absolute Gasteiger partial charge is 0.441 e. The van der Waals surface area contributed by atoms with Gasteiger partial charge in [0, 0.05) is 19.3 Å². The maximum Gasteiger partial charge on any atom is 0.192 e. The van der Waals surface area contributed by atoms with Crippen LogP contribution >= 0.6 is 0 Å². The average molecular weight is 346 g/mol. The summed E-state index contributed by atoms with van der Waals surface area (Å²) in [7, 11) is 0. The van der Waals surface area contributed by atoms with E-state index in [4.69, 9.17) is 8.83 Å². The van der Waals surface area contributed by atoms with E-state index in [1.807, 2.05) is 13.8 Å². The quantitative estimate of drug-likeness (QED) is 0.458. The lowest BCUT2D eigenvalue weighted by Gasteiger charge is -2.38. The number of aryl methyl sites for hydroxylation is 2. The molecule has 1 saturated carbocycles. The number of oxazole rings is 2. The van der Waals surface area contributed by atoms with E-state index in [9.17, 15) is 0 Å². The van der Waals surface area contributed by atoms with Crippen molar-refractivity contribution in [3.63, 3.8) is 0 Å². The summed E-state index contributed by atoms with van der Waals surface area (Å²) in [6.45, 7) is 3.80.